The minimum absolute atomic E-state index is 0.601. The van der Waals surface area contributed by atoms with Crippen molar-refractivity contribution in [1.82, 2.24) is 9.97 Å². The van der Waals surface area contributed by atoms with Gasteiger partial charge < -0.3 is 8.83 Å². The number of nitrogens with zero attached hydrogens (tertiary/aromatic N) is 2. The molecule has 6 aromatic carbocycles. The van der Waals surface area contributed by atoms with Gasteiger partial charge in [0, 0.05) is 30.6 Å². The molecule has 0 aliphatic heterocycles. The van der Waals surface area contributed by atoms with Crippen LogP contribution in [0.4, 0.5) is 0 Å². The van der Waals surface area contributed by atoms with E-state index in [9.17, 15) is 0 Å². The molecule has 0 spiro atoms. The van der Waals surface area contributed by atoms with E-state index in [-0.39, 0.29) is 0 Å². The van der Waals surface area contributed by atoms with Gasteiger partial charge >= 0.3 is 0 Å². The Morgan fingerprint density at radius 1 is 0.340 bits per heavy atom. The van der Waals surface area contributed by atoms with E-state index in [2.05, 4.69) is 133 Å². The third-order valence-corrected chi connectivity index (χ3v) is 11.4. The van der Waals surface area contributed by atoms with E-state index in [0.717, 1.165) is 44.1 Å². The van der Waals surface area contributed by atoms with E-state index in [4.69, 9.17) is 18.8 Å². The first kappa shape index (κ1) is 28.9. The first-order valence-corrected chi connectivity index (χ1v) is 18.0. The first-order valence-electron chi connectivity index (χ1n) is 16.4. The van der Waals surface area contributed by atoms with Crippen LogP contribution >= 0.6 is 22.7 Å². The lowest BCUT2D eigenvalue weighted by atomic mass is 10.1. The third kappa shape index (κ3) is 5.22. The van der Waals surface area contributed by atoms with Gasteiger partial charge in [-0.3, -0.25) is 0 Å². The maximum absolute atomic E-state index is 6.28. The Labute approximate surface area is 295 Å². The van der Waals surface area contributed by atoms with Gasteiger partial charge in [0.1, 0.15) is 11.0 Å². The Morgan fingerprint density at radius 3 is 1.06 bits per heavy atom. The summed E-state index contributed by atoms with van der Waals surface area (Å²) >= 11 is 3.59. The van der Waals surface area contributed by atoms with Crippen LogP contribution in [-0.4, -0.2) is 9.97 Å². The van der Waals surface area contributed by atoms with E-state index in [1.165, 1.54) is 41.8 Å². The van der Waals surface area contributed by atoms with Crippen molar-refractivity contribution in [2.45, 2.75) is 0 Å². The number of oxazole rings is 2. The molecule has 0 aliphatic rings. The molecule has 236 valence electrons. The van der Waals surface area contributed by atoms with Crippen molar-refractivity contribution < 1.29 is 8.83 Å². The van der Waals surface area contributed by atoms with Crippen molar-refractivity contribution in [3.05, 3.63) is 158 Å². The lowest BCUT2D eigenvalue weighted by Crippen LogP contribution is -1.78. The SMILES string of the molecule is c1ccc(-c2ccc(-c3ccc(-c4nc5cc6cc7oc(-c8ccc(-c9ccc(-c%10ccccc%10)s9)cc8)nc7cc6cc5o4)cc3)s2)cc1. The van der Waals surface area contributed by atoms with Crippen LogP contribution in [0.15, 0.2) is 167 Å². The molecule has 10 rings (SSSR count). The van der Waals surface area contributed by atoms with Gasteiger partial charge in [-0.15, -0.1) is 22.7 Å². The molecule has 0 aliphatic carbocycles. The van der Waals surface area contributed by atoms with Gasteiger partial charge in [0.15, 0.2) is 11.2 Å². The van der Waals surface area contributed by atoms with E-state index < -0.39 is 0 Å². The van der Waals surface area contributed by atoms with Gasteiger partial charge in [-0.25, -0.2) is 9.97 Å². The minimum atomic E-state index is 0.601. The molecule has 4 aromatic heterocycles. The zero-order chi connectivity index (χ0) is 33.0. The van der Waals surface area contributed by atoms with Crippen LogP contribution in [0.1, 0.15) is 0 Å². The molecular weight excluding hydrogens is 653 g/mol. The monoisotopic (exact) mass is 678 g/mol. The molecule has 0 saturated heterocycles. The lowest BCUT2D eigenvalue weighted by Gasteiger charge is -2.00. The fourth-order valence-electron chi connectivity index (χ4n) is 6.40. The van der Waals surface area contributed by atoms with Crippen LogP contribution in [0, 0.1) is 0 Å². The van der Waals surface area contributed by atoms with E-state index in [0.29, 0.717) is 11.8 Å². The summed E-state index contributed by atoms with van der Waals surface area (Å²) in [4.78, 5) is 14.7. The van der Waals surface area contributed by atoms with Crippen LogP contribution in [0.5, 0.6) is 0 Å². The average molecular weight is 679 g/mol. The van der Waals surface area contributed by atoms with E-state index >= 15 is 0 Å². The van der Waals surface area contributed by atoms with Crippen molar-refractivity contribution in [2.24, 2.45) is 0 Å². The van der Waals surface area contributed by atoms with Crippen LogP contribution in [-0.2, 0) is 0 Å². The number of rotatable bonds is 6. The second-order valence-electron chi connectivity index (χ2n) is 12.2. The summed E-state index contributed by atoms with van der Waals surface area (Å²) in [5, 5.41) is 2.05. The first-order chi connectivity index (χ1) is 24.7. The third-order valence-electron chi connectivity index (χ3n) is 9.01. The summed E-state index contributed by atoms with van der Waals surface area (Å²) in [6, 6.07) is 54.8. The number of hydrogen-bond acceptors (Lipinski definition) is 6. The van der Waals surface area contributed by atoms with Gasteiger partial charge in [-0.05, 0) is 106 Å². The molecule has 6 heteroatoms. The standard InChI is InChI=1S/C44H26N2O2S2/c1-3-7-27(8-4-1)39-19-21-41(49-39)29-11-15-31(16-12-29)43-45-35-23-33-26-38-36(24-34(33)25-37(35)47-43)46-44(48-38)32-17-13-30(14-18-32)42-22-20-40(50-42)28-9-5-2-6-10-28/h1-26H. The van der Waals surface area contributed by atoms with Crippen molar-refractivity contribution in [3.63, 3.8) is 0 Å². The molecule has 4 heterocycles. The second kappa shape index (κ2) is 11.8. The van der Waals surface area contributed by atoms with Crippen LogP contribution < -0.4 is 0 Å². The smallest absolute Gasteiger partial charge is 0.227 e. The largest absolute Gasteiger partial charge is 0.436 e. The maximum Gasteiger partial charge on any atom is 0.227 e. The molecule has 0 radical (unpaired) electrons. The fraction of sp³-hybridized carbons (Fsp3) is 0. The molecule has 4 nitrogen and oxygen atoms in total. The number of hydrogen-bond donors (Lipinski definition) is 0. The molecule has 0 atom stereocenters. The Hall–Kier alpha value is -6.08. The average Bonchev–Trinajstić information content (AvgIpc) is 4.00. The number of fused-ring (bicyclic) bond motifs is 3. The summed E-state index contributed by atoms with van der Waals surface area (Å²) in [7, 11) is 0. The van der Waals surface area contributed by atoms with Gasteiger partial charge in [-0.1, -0.05) is 84.9 Å². The minimum Gasteiger partial charge on any atom is -0.436 e. The molecule has 0 amide bonds. The highest BCUT2D eigenvalue weighted by Crippen LogP contribution is 2.38. The van der Waals surface area contributed by atoms with Crippen molar-refractivity contribution in [2.75, 3.05) is 0 Å². The predicted octanol–water partition coefficient (Wildman–Crippen LogP) is 13.2. The highest BCUT2D eigenvalue weighted by Gasteiger charge is 2.15. The van der Waals surface area contributed by atoms with Crippen LogP contribution in [0.2, 0.25) is 0 Å². The van der Waals surface area contributed by atoms with Crippen LogP contribution in [0.25, 0.3) is 97.6 Å². The Kier molecular flexibility index (Phi) is 6.82. The summed E-state index contributed by atoms with van der Waals surface area (Å²) in [6.45, 7) is 0. The number of aromatic nitrogens is 2. The molecule has 50 heavy (non-hydrogen) atoms. The van der Waals surface area contributed by atoms with Gasteiger partial charge in [0.25, 0.3) is 0 Å². The zero-order valence-electron chi connectivity index (χ0n) is 26.5. The lowest BCUT2D eigenvalue weighted by molar-refractivity contribution is 0.619. The molecule has 10 aromatic rings. The van der Waals surface area contributed by atoms with Crippen molar-refractivity contribution >= 4 is 55.6 Å². The summed E-state index contributed by atoms with van der Waals surface area (Å²) in [5.74, 6) is 1.20. The Balaban J connectivity index is 0.902. The topological polar surface area (TPSA) is 52.1 Å². The predicted molar refractivity (Wildman–Crippen MR) is 207 cm³/mol. The van der Waals surface area contributed by atoms with Crippen LogP contribution in [0.3, 0.4) is 0 Å². The molecule has 0 unspecified atom stereocenters. The molecule has 0 bridgehead atoms. The molecule has 0 N–H and O–H groups in total. The van der Waals surface area contributed by atoms with E-state index in [1.807, 2.05) is 24.3 Å². The summed E-state index contributed by atoms with van der Waals surface area (Å²) in [5.41, 5.74) is 9.80. The quantitative estimate of drug-likeness (QED) is 0.176. The van der Waals surface area contributed by atoms with Crippen molar-refractivity contribution in [3.8, 4) is 64.7 Å². The highest BCUT2D eigenvalue weighted by molar-refractivity contribution is 7.19. The maximum atomic E-state index is 6.28. The normalized spacial score (nSPS) is 11.6. The molecule has 0 saturated carbocycles. The zero-order valence-corrected chi connectivity index (χ0v) is 28.2. The van der Waals surface area contributed by atoms with E-state index in [1.54, 1.807) is 22.7 Å². The fourth-order valence-corrected chi connectivity index (χ4v) is 8.43. The number of benzene rings is 6. The van der Waals surface area contributed by atoms with Gasteiger partial charge in [0.05, 0.1) is 0 Å². The van der Waals surface area contributed by atoms with Gasteiger partial charge in [-0.2, -0.15) is 0 Å². The Morgan fingerprint density at radius 2 is 0.680 bits per heavy atom. The second-order valence-corrected chi connectivity index (χ2v) is 14.4. The summed E-state index contributed by atoms with van der Waals surface area (Å²) < 4.78 is 12.6. The van der Waals surface area contributed by atoms with Crippen molar-refractivity contribution in [1.29, 1.82) is 0 Å². The summed E-state index contributed by atoms with van der Waals surface area (Å²) in [6.07, 6.45) is 0. The molecule has 0 fully saturated rings. The molecular formula is C44H26N2O2S2. The number of thiophene rings is 2. The highest BCUT2D eigenvalue weighted by atomic mass is 32.1. The Bertz CT molecular complexity index is 2530. The van der Waals surface area contributed by atoms with Gasteiger partial charge in [0.2, 0.25) is 11.8 Å².